The van der Waals surface area contributed by atoms with Crippen LogP contribution in [-0.4, -0.2) is 4.98 Å². The zero-order valence-electron chi connectivity index (χ0n) is 11.3. The van der Waals surface area contributed by atoms with Gasteiger partial charge in [0.1, 0.15) is 5.03 Å². The predicted octanol–water partition coefficient (Wildman–Crippen LogP) is 4.10. The highest BCUT2D eigenvalue weighted by Gasteiger charge is 2.29. The Balaban J connectivity index is 2.10. The fourth-order valence-corrected chi connectivity index (χ4v) is 6.66. The Hall–Kier alpha value is -1.83. The molecule has 0 saturated carbocycles. The van der Waals surface area contributed by atoms with Crippen LogP contribution in [0.1, 0.15) is 0 Å². The van der Waals surface area contributed by atoms with E-state index in [0.29, 0.717) is 0 Å². The Bertz CT molecular complexity index is 704. The molecule has 3 aromatic rings. The Morgan fingerprint density at radius 2 is 1.24 bits per heavy atom. The van der Waals surface area contributed by atoms with E-state index < -0.39 is 6.34 Å². The van der Waals surface area contributed by atoms with Crippen molar-refractivity contribution in [2.45, 2.75) is 5.03 Å². The molecule has 104 valence electrons. The van der Waals surface area contributed by atoms with Crippen molar-refractivity contribution in [2.75, 3.05) is 0 Å². The molecule has 0 atom stereocenters. The summed E-state index contributed by atoms with van der Waals surface area (Å²) in [5, 5.41) is 2.45. The minimum atomic E-state index is -2.79. The minimum absolute atomic E-state index is 0.772. The molecule has 0 bridgehead atoms. The molecule has 1 heterocycles. The average molecular weight is 311 g/mol. The third-order valence-electron chi connectivity index (χ3n) is 3.05. The second-order valence-electron chi connectivity index (χ2n) is 4.48. The van der Waals surface area contributed by atoms with Crippen molar-refractivity contribution in [1.82, 2.24) is 4.98 Å². The topological polar surface area (TPSA) is 30.0 Å². The third kappa shape index (κ3) is 3.10. The van der Waals surface area contributed by atoms with E-state index in [-0.39, 0.29) is 0 Å². The number of pyridine rings is 1. The van der Waals surface area contributed by atoms with Crippen molar-refractivity contribution in [2.24, 2.45) is 0 Å². The van der Waals surface area contributed by atoms with Gasteiger partial charge in [0.05, 0.1) is 0 Å². The largest absolute Gasteiger partial charge is 0.302 e. The van der Waals surface area contributed by atoms with Crippen LogP contribution in [0.4, 0.5) is 0 Å². The van der Waals surface area contributed by atoms with Crippen molar-refractivity contribution < 1.29 is 4.57 Å². The van der Waals surface area contributed by atoms with E-state index in [0.717, 1.165) is 15.6 Å². The summed E-state index contributed by atoms with van der Waals surface area (Å²) in [7, 11) is 0. The van der Waals surface area contributed by atoms with Gasteiger partial charge in [-0.05, 0) is 23.5 Å². The van der Waals surface area contributed by atoms with Crippen molar-refractivity contribution in [3.05, 3.63) is 85.1 Å². The fourth-order valence-electron chi connectivity index (χ4n) is 2.04. The van der Waals surface area contributed by atoms with Crippen LogP contribution in [0.2, 0.25) is 0 Å². The predicted molar refractivity (Wildman–Crippen MR) is 89.9 cm³/mol. The lowest BCUT2D eigenvalue weighted by Gasteiger charge is -2.17. The van der Waals surface area contributed by atoms with Crippen LogP contribution in [0, 0.1) is 0 Å². The summed E-state index contributed by atoms with van der Waals surface area (Å²) in [6.07, 6.45) is -1.07. The molecular weight excluding hydrogens is 297 g/mol. The maximum Gasteiger partial charge on any atom is 0.201 e. The van der Waals surface area contributed by atoms with Gasteiger partial charge in [-0.2, -0.15) is 0 Å². The Labute approximate surface area is 128 Å². The zero-order valence-corrected chi connectivity index (χ0v) is 13.0. The molecule has 0 aliphatic carbocycles. The van der Waals surface area contributed by atoms with E-state index in [1.807, 2.05) is 78.9 Å². The van der Waals surface area contributed by atoms with Crippen molar-refractivity contribution in [1.29, 1.82) is 0 Å². The number of nitrogens with zero attached hydrogens (tertiary/aromatic N) is 1. The summed E-state index contributed by atoms with van der Waals surface area (Å²) in [5.41, 5.74) is 0. The van der Waals surface area contributed by atoms with Gasteiger partial charge in [0, 0.05) is 16.8 Å². The van der Waals surface area contributed by atoms with Gasteiger partial charge >= 0.3 is 0 Å². The van der Waals surface area contributed by atoms with Crippen LogP contribution >= 0.6 is 17.7 Å². The number of benzene rings is 2. The van der Waals surface area contributed by atoms with Gasteiger partial charge < -0.3 is 4.57 Å². The Kier molecular flexibility index (Phi) is 4.23. The van der Waals surface area contributed by atoms with Gasteiger partial charge in [-0.15, -0.1) is 0 Å². The molecule has 0 spiro atoms. The van der Waals surface area contributed by atoms with Crippen molar-refractivity contribution in [3.63, 3.8) is 0 Å². The monoisotopic (exact) mass is 311 g/mol. The van der Waals surface area contributed by atoms with Gasteiger partial charge in [0.25, 0.3) is 0 Å². The second-order valence-corrected chi connectivity index (χ2v) is 9.31. The first kappa shape index (κ1) is 14.1. The first-order valence-electron chi connectivity index (χ1n) is 6.61. The molecule has 0 fully saturated rings. The molecule has 2 aromatic carbocycles. The van der Waals surface area contributed by atoms with Gasteiger partial charge in [-0.25, -0.2) is 4.98 Å². The van der Waals surface area contributed by atoms with E-state index in [1.165, 1.54) is 11.4 Å². The first-order valence-corrected chi connectivity index (χ1v) is 9.74. The highest BCUT2D eigenvalue weighted by atomic mass is 32.7. The molecular formula is C17H14NOPS. The maximum absolute atomic E-state index is 13.7. The lowest BCUT2D eigenvalue weighted by atomic mass is 10.4. The summed E-state index contributed by atoms with van der Waals surface area (Å²) in [6.45, 7) is 0. The molecule has 3 rings (SSSR count). The van der Waals surface area contributed by atoms with Crippen LogP contribution in [0.3, 0.4) is 0 Å². The first-order chi connectivity index (χ1) is 10.3. The van der Waals surface area contributed by atoms with Gasteiger partial charge in [0.2, 0.25) is 6.34 Å². The zero-order chi connectivity index (χ0) is 14.5. The number of aromatic nitrogens is 1. The van der Waals surface area contributed by atoms with Crippen molar-refractivity contribution >= 4 is 28.3 Å². The number of hydrogen-bond acceptors (Lipinski definition) is 3. The summed E-state index contributed by atoms with van der Waals surface area (Å²) in [5.74, 6) is 0. The van der Waals surface area contributed by atoms with E-state index >= 15 is 0 Å². The molecule has 21 heavy (non-hydrogen) atoms. The second kappa shape index (κ2) is 6.30. The third-order valence-corrected chi connectivity index (χ3v) is 8.29. The molecule has 1 aromatic heterocycles. The van der Waals surface area contributed by atoms with Gasteiger partial charge in [0.15, 0.2) is 0 Å². The summed E-state index contributed by atoms with van der Waals surface area (Å²) in [6, 6.07) is 24.9. The highest BCUT2D eigenvalue weighted by molar-refractivity contribution is 8.62. The van der Waals surface area contributed by atoms with Gasteiger partial charge in [-0.3, -0.25) is 0 Å². The molecule has 0 radical (unpaired) electrons. The standard InChI is InChI=1S/C17H14NOPS/c19-20(15-9-3-1-4-10-15,16-11-5-2-6-12-16)21-17-13-7-8-14-18-17/h1-14H. The molecule has 0 aliphatic rings. The molecule has 0 saturated heterocycles. The van der Waals surface area contributed by atoms with Crippen LogP contribution < -0.4 is 10.6 Å². The lowest BCUT2D eigenvalue weighted by molar-refractivity contribution is 0.595. The molecule has 2 nitrogen and oxygen atoms in total. The number of hydrogen-bond donors (Lipinski definition) is 0. The van der Waals surface area contributed by atoms with Crippen LogP contribution in [-0.2, 0) is 4.57 Å². The maximum atomic E-state index is 13.7. The molecule has 0 unspecified atom stereocenters. The smallest absolute Gasteiger partial charge is 0.201 e. The van der Waals surface area contributed by atoms with E-state index in [1.54, 1.807) is 6.20 Å². The fraction of sp³-hybridized carbons (Fsp3) is 0. The van der Waals surface area contributed by atoms with Crippen LogP contribution in [0.5, 0.6) is 0 Å². The summed E-state index contributed by atoms with van der Waals surface area (Å²) < 4.78 is 13.7. The number of rotatable bonds is 4. The normalized spacial score (nSPS) is 11.2. The Morgan fingerprint density at radius 3 is 1.71 bits per heavy atom. The van der Waals surface area contributed by atoms with Gasteiger partial charge in [-0.1, -0.05) is 66.7 Å². The van der Waals surface area contributed by atoms with Crippen molar-refractivity contribution in [3.8, 4) is 0 Å². The molecule has 0 N–H and O–H groups in total. The lowest BCUT2D eigenvalue weighted by Crippen LogP contribution is -2.13. The van der Waals surface area contributed by atoms with E-state index in [4.69, 9.17) is 0 Å². The van der Waals surface area contributed by atoms with Crippen LogP contribution in [0.15, 0.2) is 90.1 Å². The SMILES string of the molecule is O=P(Sc1ccccn1)(c1ccccc1)c1ccccc1. The molecule has 0 aliphatic heterocycles. The van der Waals surface area contributed by atoms with E-state index in [2.05, 4.69) is 4.98 Å². The molecule has 0 amide bonds. The van der Waals surface area contributed by atoms with Crippen LogP contribution in [0.25, 0.3) is 0 Å². The Morgan fingerprint density at radius 1 is 0.714 bits per heavy atom. The minimum Gasteiger partial charge on any atom is -0.302 e. The van der Waals surface area contributed by atoms with E-state index in [9.17, 15) is 4.57 Å². The summed E-state index contributed by atoms with van der Waals surface area (Å²) in [4.78, 5) is 4.31. The summed E-state index contributed by atoms with van der Waals surface area (Å²) >= 11 is 1.34. The average Bonchev–Trinajstić information content (AvgIpc) is 2.57. The highest BCUT2D eigenvalue weighted by Crippen LogP contribution is 2.59. The molecule has 4 heteroatoms. The quantitative estimate of drug-likeness (QED) is 0.679.